The van der Waals surface area contributed by atoms with Crippen LogP contribution >= 0.6 is 0 Å². The molecule has 3 rings (SSSR count). The van der Waals surface area contributed by atoms with Crippen molar-refractivity contribution < 1.29 is 9.53 Å². The fourth-order valence-electron chi connectivity index (χ4n) is 3.74. The minimum atomic E-state index is -0.192. The van der Waals surface area contributed by atoms with E-state index in [4.69, 9.17) is 4.74 Å². The lowest BCUT2D eigenvalue weighted by molar-refractivity contribution is -0.130. The monoisotopic (exact) mass is 371 g/mol. The van der Waals surface area contributed by atoms with Gasteiger partial charge in [0, 0.05) is 31.7 Å². The largest absolute Gasteiger partial charge is 0.373 e. The standard InChI is InChI=1S/C20H29N5O2/c1-14(2)19(24-10-15(3)27-16(4)11-24)20(26)23-18-9-22-25(13-18)12-17-5-7-21-8-6-17/h5-9,13-16,19H,10-12H2,1-4H3,(H,23,26)/t15-,16+,19-/m0/s1. The van der Waals surface area contributed by atoms with Gasteiger partial charge in [-0.2, -0.15) is 5.10 Å². The summed E-state index contributed by atoms with van der Waals surface area (Å²) in [7, 11) is 0. The van der Waals surface area contributed by atoms with Crippen molar-refractivity contribution in [2.45, 2.75) is 52.5 Å². The Morgan fingerprint density at radius 3 is 2.56 bits per heavy atom. The van der Waals surface area contributed by atoms with Crippen LogP contribution in [0.15, 0.2) is 36.9 Å². The number of hydrogen-bond acceptors (Lipinski definition) is 5. The Hall–Kier alpha value is -2.25. The molecular formula is C20H29N5O2. The Kier molecular flexibility index (Phi) is 6.23. The number of nitrogens with one attached hydrogen (secondary N) is 1. The molecule has 146 valence electrons. The summed E-state index contributed by atoms with van der Waals surface area (Å²) in [6.45, 7) is 10.5. The molecule has 1 saturated heterocycles. The molecule has 1 fully saturated rings. The van der Waals surface area contributed by atoms with Gasteiger partial charge in [0.25, 0.3) is 0 Å². The van der Waals surface area contributed by atoms with E-state index in [1.807, 2.05) is 23.0 Å². The number of carbonyl (C=O) groups excluding carboxylic acids is 1. The van der Waals surface area contributed by atoms with E-state index >= 15 is 0 Å². The van der Waals surface area contributed by atoms with Crippen molar-refractivity contribution in [2.24, 2.45) is 5.92 Å². The van der Waals surface area contributed by atoms with Crippen LogP contribution in [0.25, 0.3) is 0 Å². The molecule has 0 aliphatic carbocycles. The molecule has 0 unspecified atom stereocenters. The van der Waals surface area contributed by atoms with Crippen LogP contribution in [-0.4, -0.2) is 56.9 Å². The van der Waals surface area contributed by atoms with E-state index in [9.17, 15) is 4.79 Å². The van der Waals surface area contributed by atoms with E-state index in [1.54, 1.807) is 18.6 Å². The second kappa shape index (κ2) is 8.63. The summed E-state index contributed by atoms with van der Waals surface area (Å²) in [6, 6.07) is 3.72. The first kappa shape index (κ1) is 19.5. The highest BCUT2D eigenvalue weighted by atomic mass is 16.5. The van der Waals surface area contributed by atoms with Gasteiger partial charge in [0.15, 0.2) is 0 Å². The van der Waals surface area contributed by atoms with Gasteiger partial charge in [0.05, 0.1) is 36.7 Å². The maximum absolute atomic E-state index is 13.0. The van der Waals surface area contributed by atoms with Crippen molar-refractivity contribution in [3.8, 4) is 0 Å². The maximum atomic E-state index is 13.0. The fourth-order valence-corrected chi connectivity index (χ4v) is 3.74. The fraction of sp³-hybridized carbons (Fsp3) is 0.550. The predicted octanol–water partition coefficient (Wildman–Crippen LogP) is 2.40. The molecule has 0 radical (unpaired) electrons. The molecule has 0 bridgehead atoms. The summed E-state index contributed by atoms with van der Waals surface area (Å²) in [4.78, 5) is 19.3. The van der Waals surface area contributed by atoms with Crippen LogP contribution in [0.3, 0.4) is 0 Å². The van der Waals surface area contributed by atoms with Gasteiger partial charge in [0.1, 0.15) is 0 Å². The second-order valence-corrected chi connectivity index (χ2v) is 7.67. The smallest absolute Gasteiger partial charge is 0.242 e. The number of nitrogens with zero attached hydrogens (tertiary/aromatic N) is 4. The molecule has 27 heavy (non-hydrogen) atoms. The van der Waals surface area contributed by atoms with Crippen molar-refractivity contribution in [1.82, 2.24) is 19.7 Å². The van der Waals surface area contributed by atoms with Gasteiger partial charge >= 0.3 is 0 Å². The Balaban J connectivity index is 1.65. The third-order valence-electron chi connectivity index (χ3n) is 4.74. The molecule has 7 nitrogen and oxygen atoms in total. The summed E-state index contributed by atoms with van der Waals surface area (Å²) >= 11 is 0. The zero-order valence-corrected chi connectivity index (χ0v) is 16.5. The van der Waals surface area contributed by atoms with E-state index in [0.29, 0.717) is 12.2 Å². The van der Waals surface area contributed by atoms with Gasteiger partial charge in [-0.15, -0.1) is 0 Å². The Morgan fingerprint density at radius 2 is 1.93 bits per heavy atom. The van der Waals surface area contributed by atoms with Crippen LogP contribution in [-0.2, 0) is 16.1 Å². The number of hydrogen-bond donors (Lipinski definition) is 1. The van der Waals surface area contributed by atoms with E-state index in [2.05, 4.69) is 48.0 Å². The first-order chi connectivity index (χ1) is 12.9. The van der Waals surface area contributed by atoms with Crippen LogP contribution in [0.1, 0.15) is 33.3 Å². The molecule has 1 amide bonds. The lowest BCUT2D eigenvalue weighted by Crippen LogP contribution is -2.55. The van der Waals surface area contributed by atoms with Gasteiger partial charge in [-0.1, -0.05) is 13.8 Å². The van der Waals surface area contributed by atoms with Gasteiger partial charge in [-0.3, -0.25) is 19.4 Å². The highest BCUT2D eigenvalue weighted by molar-refractivity contribution is 5.94. The number of pyridine rings is 1. The van der Waals surface area contributed by atoms with Gasteiger partial charge < -0.3 is 10.1 Å². The molecule has 2 aromatic rings. The molecule has 1 aliphatic rings. The summed E-state index contributed by atoms with van der Waals surface area (Å²) in [5.41, 5.74) is 1.83. The van der Waals surface area contributed by atoms with Crippen LogP contribution in [0, 0.1) is 5.92 Å². The normalized spacial score (nSPS) is 22.0. The molecule has 1 N–H and O–H groups in total. The van der Waals surface area contributed by atoms with Crippen molar-refractivity contribution >= 4 is 11.6 Å². The molecule has 1 aliphatic heterocycles. The Morgan fingerprint density at radius 1 is 1.26 bits per heavy atom. The highest BCUT2D eigenvalue weighted by Gasteiger charge is 2.34. The average molecular weight is 371 g/mol. The quantitative estimate of drug-likeness (QED) is 0.844. The van der Waals surface area contributed by atoms with Crippen LogP contribution in [0.5, 0.6) is 0 Å². The second-order valence-electron chi connectivity index (χ2n) is 7.67. The number of carbonyl (C=O) groups is 1. The molecular weight excluding hydrogens is 342 g/mol. The molecule has 3 heterocycles. The highest BCUT2D eigenvalue weighted by Crippen LogP contribution is 2.20. The number of ether oxygens (including phenoxy) is 1. The van der Waals surface area contributed by atoms with Crippen molar-refractivity contribution in [2.75, 3.05) is 18.4 Å². The zero-order chi connectivity index (χ0) is 19.4. The third kappa shape index (κ3) is 5.14. The Bertz CT molecular complexity index is 736. The van der Waals surface area contributed by atoms with E-state index in [-0.39, 0.29) is 30.1 Å². The zero-order valence-electron chi connectivity index (χ0n) is 16.5. The van der Waals surface area contributed by atoms with E-state index in [1.165, 1.54) is 0 Å². The van der Waals surface area contributed by atoms with E-state index < -0.39 is 0 Å². The van der Waals surface area contributed by atoms with E-state index in [0.717, 1.165) is 18.7 Å². The summed E-state index contributed by atoms with van der Waals surface area (Å²) in [5.74, 6) is 0.212. The SMILES string of the molecule is CC(C)[C@@H](C(=O)Nc1cnn(Cc2ccncc2)c1)N1C[C@@H](C)O[C@@H](C)C1. The van der Waals surface area contributed by atoms with Crippen molar-refractivity contribution in [1.29, 1.82) is 0 Å². The van der Waals surface area contributed by atoms with Gasteiger partial charge in [-0.05, 0) is 37.5 Å². The van der Waals surface area contributed by atoms with Crippen LogP contribution in [0.4, 0.5) is 5.69 Å². The minimum absolute atomic E-state index is 0.00904. The number of amides is 1. The van der Waals surface area contributed by atoms with Gasteiger partial charge in [-0.25, -0.2) is 0 Å². The average Bonchev–Trinajstić information content (AvgIpc) is 3.01. The number of anilines is 1. The topological polar surface area (TPSA) is 72.3 Å². The van der Waals surface area contributed by atoms with Crippen LogP contribution in [0.2, 0.25) is 0 Å². The van der Waals surface area contributed by atoms with Crippen molar-refractivity contribution in [3.05, 3.63) is 42.5 Å². The third-order valence-corrected chi connectivity index (χ3v) is 4.74. The molecule has 2 aromatic heterocycles. The summed E-state index contributed by atoms with van der Waals surface area (Å²) in [6.07, 6.45) is 7.34. The Labute approximate surface area is 160 Å². The summed E-state index contributed by atoms with van der Waals surface area (Å²) in [5, 5.41) is 7.39. The summed E-state index contributed by atoms with van der Waals surface area (Å²) < 4.78 is 7.63. The molecule has 0 saturated carbocycles. The molecule has 0 spiro atoms. The lowest BCUT2D eigenvalue weighted by atomic mass is 9.99. The molecule has 3 atom stereocenters. The molecule has 0 aromatic carbocycles. The van der Waals surface area contributed by atoms with Crippen LogP contribution < -0.4 is 5.32 Å². The lowest BCUT2D eigenvalue weighted by Gasteiger charge is -2.40. The minimum Gasteiger partial charge on any atom is -0.373 e. The predicted molar refractivity (Wildman–Crippen MR) is 104 cm³/mol. The first-order valence-electron chi connectivity index (χ1n) is 9.54. The molecule has 7 heteroatoms. The van der Waals surface area contributed by atoms with Crippen molar-refractivity contribution in [3.63, 3.8) is 0 Å². The number of aromatic nitrogens is 3. The first-order valence-corrected chi connectivity index (χ1v) is 9.54. The van der Waals surface area contributed by atoms with Gasteiger partial charge in [0.2, 0.25) is 5.91 Å². The number of morpholine rings is 1. The maximum Gasteiger partial charge on any atom is 0.242 e. The number of rotatable bonds is 6.